The third-order valence-corrected chi connectivity index (χ3v) is 9.29. The molecule has 0 fully saturated rings. The maximum Gasteiger partial charge on any atom is 0.472 e. The van der Waals surface area contributed by atoms with Crippen LogP contribution in [0.1, 0.15) is 174 Å². The fraction of sp³-hybridized carbons (Fsp3) is 0.865. The summed E-state index contributed by atoms with van der Waals surface area (Å²) in [6, 6.07) is -0.778. The van der Waals surface area contributed by atoms with Crippen LogP contribution in [0.15, 0.2) is 24.3 Å². The molecule has 3 atom stereocenters. The molecule has 1 amide bonds. The lowest BCUT2D eigenvalue weighted by atomic mass is 10.0. The zero-order valence-corrected chi connectivity index (χ0v) is 30.7. The largest absolute Gasteiger partial charge is 0.472 e. The molecule has 5 N–H and O–H groups in total. The number of carbonyl (C=O) groups excluding carboxylic acids is 1. The maximum atomic E-state index is 12.7. The summed E-state index contributed by atoms with van der Waals surface area (Å²) in [6.45, 7) is 4.15. The first-order valence-corrected chi connectivity index (χ1v) is 20.4. The molecule has 0 radical (unpaired) electrons. The molecule has 9 heteroatoms. The summed E-state index contributed by atoms with van der Waals surface area (Å²) in [4.78, 5) is 22.6. The fourth-order valence-corrected chi connectivity index (χ4v) is 6.16. The van der Waals surface area contributed by atoms with Gasteiger partial charge in [0.05, 0.1) is 25.4 Å². The predicted octanol–water partition coefficient (Wildman–Crippen LogP) is 9.83. The normalized spacial score (nSPS) is 14.6. The Balaban J connectivity index is 4.28. The van der Waals surface area contributed by atoms with Gasteiger partial charge in [-0.3, -0.25) is 13.8 Å². The van der Waals surface area contributed by atoms with Gasteiger partial charge in [-0.05, 0) is 44.9 Å². The van der Waals surface area contributed by atoms with E-state index in [1.165, 1.54) is 83.5 Å². The minimum Gasteiger partial charge on any atom is -0.391 e. The van der Waals surface area contributed by atoms with Crippen LogP contribution in [-0.2, 0) is 18.4 Å². The molecule has 0 saturated carbocycles. The molecular weight excluding hydrogens is 599 g/mol. The molecule has 46 heavy (non-hydrogen) atoms. The van der Waals surface area contributed by atoms with Gasteiger partial charge in [0, 0.05) is 13.0 Å². The van der Waals surface area contributed by atoms with Crippen molar-refractivity contribution in [1.82, 2.24) is 5.32 Å². The molecule has 0 bridgehead atoms. The molecule has 0 saturated heterocycles. The van der Waals surface area contributed by atoms with E-state index in [4.69, 9.17) is 14.8 Å². The lowest BCUT2D eigenvalue weighted by molar-refractivity contribution is -0.123. The second kappa shape index (κ2) is 33.9. The molecule has 0 heterocycles. The van der Waals surface area contributed by atoms with E-state index in [1.807, 2.05) is 0 Å². The van der Waals surface area contributed by atoms with Gasteiger partial charge < -0.3 is 21.1 Å². The second-order valence-corrected chi connectivity index (χ2v) is 14.2. The smallest absolute Gasteiger partial charge is 0.391 e. The Morgan fingerprint density at radius 1 is 0.717 bits per heavy atom. The number of phosphoric acid groups is 1. The van der Waals surface area contributed by atoms with Crippen molar-refractivity contribution in [3.8, 4) is 0 Å². The first-order valence-electron chi connectivity index (χ1n) is 19.0. The zero-order valence-electron chi connectivity index (χ0n) is 29.8. The van der Waals surface area contributed by atoms with Gasteiger partial charge in [-0.2, -0.15) is 0 Å². The number of phosphoric ester groups is 1. The molecule has 272 valence electrons. The van der Waals surface area contributed by atoms with Crippen molar-refractivity contribution in [2.75, 3.05) is 19.8 Å². The molecule has 8 nitrogen and oxygen atoms in total. The third-order valence-electron chi connectivity index (χ3n) is 8.31. The van der Waals surface area contributed by atoms with Crippen LogP contribution in [0.2, 0.25) is 0 Å². The molecule has 0 aromatic carbocycles. The standard InChI is InChI=1S/C37H73N2O6P/c1-3-5-7-9-11-13-15-17-18-19-21-23-25-27-29-31-37(41)39-35(34-45-46(42,43)44-33-32-38)36(40)30-28-26-24-22-20-16-14-12-10-8-6-4-2/h11,13,17-18,35-36,40H,3-10,12,14-16,19-34,38H2,1-2H3,(H,39,41)(H,42,43)/b13-11-,18-17-. The predicted molar refractivity (Wildman–Crippen MR) is 194 cm³/mol. The summed E-state index contributed by atoms with van der Waals surface area (Å²) < 4.78 is 22.1. The average molecular weight is 673 g/mol. The quantitative estimate of drug-likeness (QED) is 0.0299. The number of hydrogen-bond acceptors (Lipinski definition) is 6. The van der Waals surface area contributed by atoms with E-state index >= 15 is 0 Å². The lowest BCUT2D eigenvalue weighted by Gasteiger charge is -2.25. The lowest BCUT2D eigenvalue weighted by Crippen LogP contribution is -2.46. The number of amides is 1. The van der Waals surface area contributed by atoms with Gasteiger partial charge in [0.25, 0.3) is 0 Å². The van der Waals surface area contributed by atoms with Crippen LogP contribution in [0.3, 0.4) is 0 Å². The number of nitrogens with one attached hydrogen (secondary N) is 1. The number of unbranched alkanes of at least 4 members (excludes halogenated alkanes) is 19. The van der Waals surface area contributed by atoms with Gasteiger partial charge in [-0.1, -0.05) is 147 Å². The van der Waals surface area contributed by atoms with E-state index < -0.39 is 20.0 Å². The Bertz CT molecular complexity index is 779. The van der Waals surface area contributed by atoms with Crippen LogP contribution in [-0.4, -0.2) is 47.8 Å². The van der Waals surface area contributed by atoms with Crippen molar-refractivity contribution in [2.24, 2.45) is 5.73 Å². The van der Waals surface area contributed by atoms with E-state index in [-0.39, 0.29) is 25.7 Å². The topological polar surface area (TPSA) is 131 Å². The number of carbonyl (C=O) groups is 1. The molecule has 0 aliphatic heterocycles. The highest BCUT2D eigenvalue weighted by molar-refractivity contribution is 7.47. The van der Waals surface area contributed by atoms with E-state index in [1.54, 1.807) is 0 Å². The van der Waals surface area contributed by atoms with Gasteiger partial charge in [-0.25, -0.2) is 4.57 Å². The monoisotopic (exact) mass is 673 g/mol. The minimum atomic E-state index is -4.31. The maximum absolute atomic E-state index is 12.7. The number of allylic oxidation sites excluding steroid dienone is 4. The van der Waals surface area contributed by atoms with Crippen LogP contribution in [0.25, 0.3) is 0 Å². The van der Waals surface area contributed by atoms with Gasteiger partial charge in [-0.15, -0.1) is 0 Å². The molecular formula is C37H73N2O6P. The molecule has 3 unspecified atom stereocenters. The van der Waals surface area contributed by atoms with E-state index in [0.717, 1.165) is 64.2 Å². The van der Waals surface area contributed by atoms with Crippen molar-refractivity contribution in [3.63, 3.8) is 0 Å². The highest BCUT2D eigenvalue weighted by atomic mass is 31.2. The first kappa shape index (κ1) is 45.0. The van der Waals surface area contributed by atoms with Gasteiger partial charge in [0.15, 0.2) is 0 Å². The van der Waals surface area contributed by atoms with Crippen LogP contribution >= 0.6 is 7.82 Å². The molecule has 0 rings (SSSR count). The summed E-state index contributed by atoms with van der Waals surface area (Å²) in [5.74, 6) is -0.177. The molecule has 0 aromatic heterocycles. The van der Waals surface area contributed by atoms with Crippen molar-refractivity contribution >= 4 is 13.7 Å². The Labute approximate surface area is 283 Å². The number of aliphatic hydroxyl groups excluding tert-OH is 1. The van der Waals surface area contributed by atoms with Gasteiger partial charge in [0.2, 0.25) is 5.91 Å². The number of rotatable bonds is 35. The Hall–Kier alpha value is -1.02. The van der Waals surface area contributed by atoms with Crippen LogP contribution < -0.4 is 11.1 Å². The Kier molecular flexibility index (Phi) is 33.1. The third kappa shape index (κ3) is 31.6. The molecule has 0 aliphatic carbocycles. The van der Waals surface area contributed by atoms with E-state index in [2.05, 4.69) is 43.5 Å². The van der Waals surface area contributed by atoms with Crippen molar-refractivity contribution in [3.05, 3.63) is 24.3 Å². The summed E-state index contributed by atoms with van der Waals surface area (Å²) in [7, 11) is -4.31. The summed E-state index contributed by atoms with van der Waals surface area (Å²) in [5, 5.41) is 13.7. The first-order chi connectivity index (χ1) is 22.4. The summed E-state index contributed by atoms with van der Waals surface area (Å²) in [6.07, 6.45) is 36.0. The second-order valence-electron chi connectivity index (χ2n) is 12.8. The Morgan fingerprint density at radius 3 is 1.76 bits per heavy atom. The molecule has 0 aliphatic rings. The highest BCUT2D eigenvalue weighted by Crippen LogP contribution is 2.43. The van der Waals surface area contributed by atoms with Gasteiger partial charge in [0.1, 0.15) is 0 Å². The average Bonchev–Trinajstić information content (AvgIpc) is 3.04. The number of nitrogens with two attached hydrogens (primary N) is 1. The summed E-state index contributed by atoms with van der Waals surface area (Å²) in [5.41, 5.74) is 5.36. The SMILES string of the molecule is CCCCC/C=C\C/C=C\CCCCCCCC(=O)NC(COP(=O)(O)OCCN)C(O)CCCCCCCCCCCCCC. The van der Waals surface area contributed by atoms with Crippen LogP contribution in [0.4, 0.5) is 0 Å². The molecule has 0 spiro atoms. The number of hydrogen-bond donors (Lipinski definition) is 4. The summed E-state index contributed by atoms with van der Waals surface area (Å²) >= 11 is 0. The Morgan fingerprint density at radius 2 is 1.20 bits per heavy atom. The fourth-order valence-electron chi connectivity index (χ4n) is 5.40. The molecule has 0 aromatic rings. The zero-order chi connectivity index (χ0) is 34.0. The van der Waals surface area contributed by atoms with E-state index in [9.17, 15) is 19.4 Å². The van der Waals surface area contributed by atoms with E-state index in [0.29, 0.717) is 12.8 Å². The number of aliphatic hydroxyl groups is 1. The minimum absolute atomic E-state index is 0.0865. The van der Waals surface area contributed by atoms with Crippen LogP contribution in [0.5, 0.6) is 0 Å². The van der Waals surface area contributed by atoms with Crippen molar-refractivity contribution < 1.29 is 28.4 Å². The van der Waals surface area contributed by atoms with Crippen LogP contribution in [0, 0.1) is 0 Å². The highest BCUT2D eigenvalue weighted by Gasteiger charge is 2.27. The van der Waals surface area contributed by atoms with Crippen molar-refractivity contribution in [1.29, 1.82) is 0 Å². The van der Waals surface area contributed by atoms with Gasteiger partial charge >= 0.3 is 7.82 Å². The van der Waals surface area contributed by atoms with Crippen molar-refractivity contribution in [2.45, 2.75) is 187 Å².